The third kappa shape index (κ3) is 3.22. The van der Waals surface area contributed by atoms with E-state index in [4.69, 9.17) is 0 Å². The molecule has 3 heteroatoms. The summed E-state index contributed by atoms with van der Waals surface area (Å²) in [7, 11) is 1.85. The summed E-state index contributed by atoms with van der Waals surface area (Å²) in [5, 5.41) is 3.12. The zero-order chi connectivity index (χ0) is 14.7. The average molecular weight is 289 g/mol. The third-order valence-corrected chi connectivity index (χ3v) is 4.65. The number of halogens is 1. The van der Waals surface area contributed by atoms with Crippen LogP contribution in [-0.4, -0.2) is 7.05 Å². The summed E-state index contributed by atoms with van der Waals surface area (Å²) in [6.45, 7) is 6.17. The first-order chi connectivity index (χ1) is 9.52. The smallest absolute Gasteiger partial charge is 0.129 e. The van der Waals surface area contributed by atoms with Gasteiger partial charge in [-0.2, -0.15) is 0 Å². The summed E-state index contributed by atoms with van der Waals surface area (Å²) in [6.07, 6.45) is 0. The highest BCUT2D eigenvalue weighted by atomic mass is 32.2. The number of hydrogen-bond acceptors (Lipinski definition) is 2. The van der Waals surface area contributed by atoms with Gasteiger partial charge < -0.3 is 5.32 Å². The van der Waals surface area contributed by atoms with Crippen molar-refractivity contribution in [1.29, 1.82) is 0 Å². The van der Waals surface area contributed by atoms with Crippen molar-refractivity contribution in [2.45, 2.75) is 36.6 Å². The normalized spacial score (nSPS) is 12.4. The van der Waals surface area contributed by atoms with Crippen LogP contribution in [0, 0.1) is 19.7 Å². The van der Waals surface area contributed by atoms with Crippen molar-refractivity contribution < 1.29 is 4.39 Å². The highest BCUT2D eigenvalue weighted by molar-refractivity contribution is 7.99. The van der Waals surface area contributed by atoms with E-state index in [1.54, 1.807) is 17.8 Å². The van der Waals surface area contributed by atoms with Crippen LogP contribution in [0.5, 0.6) is 0 Å². The van der Waals surface area contributed by atoms with E-state index in [0.717, 1.165) is 15.4 Å². The maximum atomic E-state index is 14.1. The molecule has 0 heterocycles. The molecule has 0 aromatic heterocycles. The molecule has 0 amide bonds. The molecule has 0 saturated heterocycles. The number of hydrogen-bond donors (Lipinski definition) is 1. The van der Waals surface area contributed by atoms with Crippen LogP contribution in [0.4, 0.5) is 4.39 Å². The SMILES string of the molecule is CNC(C)c1c(F)cccc1Sc1ccc(C)c(C)c1. The van der Waals surface area contributed by atoms with E-state index in [1.165, 1.54) is 17.2 Å². The maximum absolute atomic E-state index is 14.1. The van der Waals surface area contributed by atoms with E-state index in [0.29, 0.717) is 0 Å². The lowest BCUT2D eigenvalue weighted by atomic mass is 10.1. The molecule has 2 aromatic rings. The third-order valence-electron chi connectivity index (χ3n) is 3.59. The van der Waals surface area contributed by atoms with Gasteiger partial charge in [0.05, 0.1) is 0 Å². The van der Waals surface area contributed by atoms with Crippen molar-refractivity contribution in [3.63, 3.8) is 0 Å². The topological polar surface area (TPSA) is 12.0 Å². The quantitative estimate of drug-likeness (QED) is 0.861. The zero-order valence-electron chi connectivity index (χ0n) is 12.3. The van der Waals surface area contributed by atoms with E-state index in [1.807, 2.05) is 20.0 Å². The lowest BCUT2D eigenvalue weighted by Gasteiger charge is -2.16. The summed E-state index contributed by atoms with van der Waals surface area (Å²) < 4.78 is 14.1. The van der Waals surface area contributed by atoms with Gasteiger partial charge in [0.25, 0.3) is 0 Å². The van der Waals surface area contributed by atoms with Gasteiger partial charge in [0.2, 0.25) is 0 Å². The highest BCUT2D eigenvalue weighted by Crippen LogP contribution is 2.35. The molecule has 0 bridgehead atoms. The molecular formula is C17H20FNS. The number of rotatable bonds is 4. The van der Waals surface area contributed by atoms with Crippen LogP contribution < -0.4 is 5.32 Å². The minimum Gasteiger partial charge on any atom is -0.313 e. The molecule has 0 spiro atoms. The van der Waals surface area contributed by atoms with Gasteiger partial charge in [0.15, 0.2) is 0 Å². The Labute approximate surface area is 124 Å². The summed E-state index contributed by atoms with van der Waals surface area (Å²) in [4.78, 5) is 2.11. The molecule has 1 N–H and O–H groups in total. The van der Waals surface area contributed by atoms with Gasteiger partial charge in [-0.1, -0.05) is 23.9 Å². The Morgan fingerprint density at radius 3 is 2.50 bits per heavy atom. The van der Waals surface area contributed by atoms with Crippen molar-refractivity contribution in [3.8, 4) is 0 Å². The molecule has 2 aromatic carbocycles. The van der Waals surface area contributed by atoms with Crippen LogP contribution in [0.15, 0.2) is 46.2 Å². The Morgan fingerprint density at radius 1 is 1.10 bits per heavy atom. The second-order valence-electron chi connectivity index (χ2n) is 5.01. The summed E-state index contributed by atoms with van der Waals surface area (Å²) in [5.74, 6) is -0.152. The summed E-state index contributed by atoms with van der Waals surface area (Å²) >= 11 is 1.61. The molecule has 106 valence electrons. The fourth-order valence-electron chi connectivity index (χ4n) is 2.08. The molecule has 1 unspecified atom stereocenters. The van der Waals surface area contributed by atoms with Crippen molar-refractivity contribution in [2.75, 3.05) is 7.05 Å². The molecule has 2 rings (SSSR count). The number of nitrogens with one attached hydrogen (secondary N) is 1. The average Bonchev–Trinajstić information content (AvgIpc) is 2.42. The van der Waals surface area contributed by atoms with Crippen LogP contribution in [0.25, 0.3) is 0 Å². The van der Waals surface area contributed by atoms with E-state index in [-0.39, 0.29) is 11.9 Å². The van der Waals surface area contributed by atoms with E-state index >= 15 is 0 Å². The number of benzene rings is 2. The van der Waals surface area contributed by atoms with Crippen LogP contribution in [0.1, 0.15) is 29.7 Å². The highest BCUT2D eigenvalue weighted by Gasteiger charge is 2.15. The lowest BCUT2D eigenvalue weighted by molar-refractivity contribution is 0.552. The van der Waals surface area contributed by atoms with Crippen LogP contribution in [0.2, 0.25) is 0 Å². The first-order valence-corrected chi connectivity index (χ1v) is 7.55. The minimum absolute atomic E-state index is 0.00903. The second kappa shape index (κ2) is 6.42. The molecule has 0 radical (unpaired) electrons. The van der Waals surface area contributed by atoms with Crippen molar-refractivity contribution in [3.05, 3.63) is 58.9 Å². The summed E-state index contributed by atoms with van der Waals surface area (Å²) in [6, 6.07) is 11.6. The van der Waals surface area contributed by atoms with E-state index < -0.39 is 0 Å². The van der Waals surface area contributed by atoms with Gasteiger partial charge in [-0.05, 0) is 63.2 Å². The molecule has 0 aliphatic heterocycles. The fraction of sp³-hybridized carbons (Fsp3) is 0.294. The predicted molar refractivity (Wildman–Crippen MR) is 83.9 cm³/mol. The van der Waals surface area contributed by atoms with Gasteiger partial charge in [-0.15, -0.1) is 0 Å². The van der Waals surface area contributed by atoms with Gasteiger partial charge in [-0.3, -0.25) is 0 Å². The monoisotopic (exact) mass is 289 g/mol. The Morgan fingerprint density at radius 2 is 1.85 bits per heavy atom. The van der Waals surface area contributed by atoms with Gasteiger partial charge in [0.1, 0.15) is 5.82 Å². The molecule has 0 aliphatic carbocycles. The van der Waals surface area contributed by atoms with Crippen molar-refractivity contribution >= 4 is 11.8 Å². The Hall–Kier alpha value is -1.32. The van der Waals surface area contributed by atoms with Crippen molar-refractivity contribution in [1.82, 2.24) is 5.32 Å². The first kappa shape index (κ1) is 15.1. The molecule has 20 heavy (non-hydrogen) atoms. The first-order valence-electron chi connectivity index (χ1n) is 6.73. The van der Waals surface area contributed by atoms with Gasteiger partial charge in [0, 0.05) is 21.4 Å². The van der Waals surface area contributed by atoms with Crippen LogP contribution >= 0.6 is 11.8 Å². The Bertz CT molecular complexity index is 610. The van der Waals surface area contributed by atoms with Crippen LogP contribution in [0.3, 0.4) is 0 Å². The molecule has 0 saturated carbocycles. The minimum atomic E-state index is -0.152. The van der Waals surface area contributed by atoms with Gasteiger partial charge in [-0.25, -0.2) is 4.39 Å². The Kier molecular flexibility index (Phi) is 4.84. The lowest BCUT2D eigenvalue weighted by Crippen LogP contribution is -2.14. The molecule has 1 atom stereocenters. The second-order valence-corrected chi connectivity index (χ2v) is 6.13. The largest absolute Gasteiger partial charge is 0.313 e. The number of aryl methyl sites for hydroxylation is 2. The van der Waals surface area contributed by atoms with Gasteiger partial charge >= 0.3 is 0 Å². The predicted octanol–water partition coefficient (Wildman–Crippen LogP) is 4.87. The Balaban J connectivity index is 2.38. The summed E-state index contributed by atoms with van der Waals surface area (Å²) in [5.41, 5.74) is 3.27. The molecule has 0 aliphatic rings. The standard InChI is InChI=1S/C17H20FNS/c1-11-8-9-14(10-12(11)2)20-16-7-5-6-15(18)17(16)13(3)19-4/h5-10,13,19H,1-4H3. The zero-order valence-corrected chi connectivity index (χ0v) is 13.1. The molecular weight excluding hydrogens is 269 g/mol. The van der Waals surface area contributed by atoms with E-state index in [2.05, 4.69) is 37.4 Å². The maximum Gasteiger partial charge on any atom is 0.129 e. The molecule has 1 nitrogen and oxygen atoms in total. The van der Waals surface area contributed by atoms with Crippen molar-refractivity contribution in [2.24, 2.45) is 0 Å². The van der Waals surface area contributed by atoms with E-state index in [9.17, 15) is 4.39 Å². The van der Waals surface area contributed by atoms with Crippen LogP contribution in [-0.2, 0) is 0 Å². The molecule has 0 fully saturated rings. The fourth-order valence-corrected chi connectivity index (χ4v) is 3.23.